The van der Waals surface area contributed by atoms with Crippen LogP contribution in [-0.4, -0.2) is 18.9 Å². The minimum absolute atomic E-state index is 0.0532. The molecular formula is C12H14F3N3. The average molecular weight is 257 g/mol. The van der Waals surface area contributed by atoms with Gasteiger partial charge in [-0.1, -0.05) is 13.8 Å². The van der Waals surface area contributed by atoms with Gasteiger partial charge in [-0.2, -0.15) is 13.2 Å². The first-order chi connectivity index (χ1) is 8.27. The molecule has 0 bridgehead atoms. The molecule has 2 aliphatic rings. The third kappa shape index (κ3) is 1.59. The van der Waals surface area contributed by atoms with Crippen LogP contribution < -0.4 is 16.0 Å². The molecule has 98 valence electrons. The predicted molar refractivity (Wildman–Crippen MR) is 65.0 cm³/mol. The summed E-state index contributed by atoms with van der Waals surface area (Å²) in [5.41, 5.74) is 2.94. The molecule has 3 N–H and O–H groups in total. The number of fused-ring (bicyclic) bond motifs is 2. The lowest BCUT2D eigenvalue weighted by atomic mass is 9.86. The van der Waals surface area contributed by atoms with Crippen molar-refractivity contribution in [3.05, 3.63) is 17.7 Å². The topological polar surface area (TPSA) is 36.1 Å². The molecule has 6 heteroatoms. The molecule has 3 nitrogen and oxygen atoms in total. The number of hydrogen-bond donors (Lipinski definition) is 3. The maximum Gasteiger partial charge on any atom is 0.427 e. The van der Waals surface area contributed by atoms with Crippen molar-refractivity contribution in [1.82, 2.24) is 0 Å². The first-order valence-electron chi connectivity index (χ1n) is 5.79. The van der Waals surface area contributed by atoms with Crippen LogP contribution in [0.15, 0.2) is 12.1 Å². The van der Waals surface area contributed by atoms with E-state index in [0.29, 0.717) is 11.4 Å². The molecule has 0 spiro atoms. The van der Waals surface area contributed by atoms with Crippen LogP contribution in [0, 0.1) is 0 Å². The van der Waals surface area contributed by atoms with Gasteiger partial charge in [-0.25, -0.2) is 0 Å². The lowest BCUT2D eigenvalue weighted by Crippen LogP contribution is -2.38. The van der Waals surface area contributed by atoms with Gasteiger partial charge in [0.05, 0.1) is 11.4 Å². The summed E-state index contributed by atoms with van der Waals surface area (Å²) in [6.07, 6.45) is -6.00. The summed E-state index contributed by atoms with van der Waals surface area (Å²) in [5.74, 6) is 0. The Morgan fingerprint density at radius 3 is 2.33 bits per heavy atom. The number of alkyl halides is 3. The fourth-order valence-corrected chi connectivity index (χ4v) is 2.47. The van der Waals surface area contributed by atoms with Crippen molar-refractivity contribution in [3.63, 3.8) is 0 Å². The Balaban J connectivity index is 1.98. The Morgan fingerprint density at radius 1 is 1.11 bits per heavy atom. The number of nitrogens with one attached hydrogen (secondary N) is 3. The number of benzene rings is 1. The third-order valence-electron chi connectivity index (χ3n) is 3.53. The van der Waals surface area contributed by atoms with Crippen LogP contribution >= 0.6 is 0 Å². The number of rotatable bonds is 0. The maximum atomic E-state index is 12.6. The van der Waals surface area contributed by atoms with Gasteiger partial charge in [0.1, 0.15) is 0 Å². The van der Waals surface area contributed by atoms with Gasteiger partial charge in [0, 0.05) is 17.6 Å². The van der Waals surface area contributed by atoms with E-state index in [-0.39, 0.29) is 5.41 Å². The van der Waals surface area contributed by atoms with E-state index in [1.54, 1.807) is 6.07 Å². The minimum atomic E-state index is -4.30. The second-order valence-corrected chi connectivity index (χ2v) is 5.44. The monoisotopic (exact) mass is 257 g/mol. The highest BCUT2D eigenvalue weighted by Crippen LogP contribution is 2.44. The second-order valence-electron chi connectivity index (χ2n) is 5.44. The summed E-state index contributed by atoms with van der Waals surface area (Å²) >= 11 is 0. The molecule has 18 heavy (non-hydrogen) atoms. The molecule has 0 radical (unpaired) electrons. The van der Waals surface area contributed by atoms with Crippen molar-refractivity contribution >= 4 is 17.1 Å². The third-order valence-corrected chi connectivity index (χ3v) is 3.53. The quantitative estimate of drug-likeness (QED) is 0.668. The zero-order valence-corrected chi connectivity index (χ0v) is 10.1. The number of hydrogen-bond acceptors (Lipinski definition) is 3. The van der Waals surface area contributed by atoms with Crippen molar-refractivity contribution in [2.45, 2.75) is 31.6 Å². The molecule has 1 aromatic carbocycles. The lowest BCUT2D eigenvalue weighted by molar-refractivity contribution is -0.135. The average Bonchev–Trinajstić information content (AvgIpc) is 2.77. The highest BCUT2D eigenvalue weighted by Gasteiger charge is 2.44. The molecule has 0 fully saturated rings. The minimum Gasteiger partial charge on any atom is -0.384 e. The molecule has 3 rings (SSSR count). The molecule has 0 aliphatic carbocycles. The van der Waals surface area contributed by atoms with Crippen molar-refractivity contribution in [3.8, 4) is 0 Å². The van der Waals surface area contributed by atoms with Gasteiger partial charge in [-0.3, -0.25) is 0 Å². The molecule has 2 aliphatic heterocycles. The zero-order chi connectivity index (χ0) is 13.1. The first-order valence-corrected chi connectivity index (χ1v) is 5.79. The highest BCUT2D eigenvalue weighted by molar-refractivity contribution is 5.82. The van der Waals surface area contributed by atoms with Gasteiger partial charge in [-0.05, 0) is 17.7 Å². The van der Waals surface area contributed by atoms with E-state index in [9.17, 15) is 13.2 Å². The van der Waals surface area contributed by atoms with Crippen molar-refractivity contribution in [2.75, 3.05) is 22.5 Å². The van der Waals surface area contributed by atoms with E-state index in [1.165, 1.54) is 0 Å². The van der Waals surface area contributed by atoms with Crippen molar-refractivity contribution < 1.29 is 13.2 Å². The zero-order valence-electron chi connectivity index (χ0n) is 10.1. The van der Waals surface area contributed by atoms with Gasteiger partial charge < -0.3 is 16.0 Å². The van der Waals surface area contributed by atoms with E-state index in [1.807, 2.05) is 6.07 Å². The van der Waals surface area contributed by atoms with Crippen LogP contribution in [0.25, 0.3) is 0 Å². The van der Waals surface area contributed by atoms with Gasteiger partial charge >= 0.3 is 6.18 Å². The molecule has 0 saturated carbocycles. The SMILES string of the molecule is CC1(C)CNc2cc3c(cc21)NC(C(F)(F)F)N3. The smallest absolute Gasteiger partial charge is 0.384 e. The van der Waals surface area contributed by atoms with Crippen LogP contribution in [0.4, 0.5) is 30.2 Å². The van der Waals surface area contributed by atoms with Gasteiger partial charge in [-0.15, -0.1) is 0 Å². The molecular weight excluding hydrogens is 243 g/mol. The largest absolute Gasteiger partial charge is 0.427 e. The van der Waals surface area contributed by atoms with Gasteiger partial charge in [0.25, 0.3) is 0 Å². The van der Waals surface area contributed by atoms with E-state index in [4.69, 9.17) is 0 Å². The summed E-state index contributed by atoms with van der Waals surface area (Å²) in [5, 5.41) is 8.16. The van der Waals surface area contributed by atoms with Crippen LogP contribution in [-0.2, 0) is 5.41 Å². The maximum absolute atomic E-state index is 12.6. The second kappa shape index (κ2) is 3.24. The molecule has 2 heterocycles. The molecule has 0 amide bonds. The Hall–Kier alpha value is -1.59. The van der Waals surface area contributed by atoms with E-state index < -0.39 is 12.3 Å². The van der Waals surface area contributed by atoms with E-state index in [0.717, 1.165) is 17.8 Å². The Bertz CT molecular complexity index is 508. The predicted octanol–water partition coefficient (Wildman–Crippen LogP) is 3.12. The Labute approximate surface area is 103 Å². The van der Waals surface area contributed by atoms with Gasteiger partial charge in [0.15, 0.2) is 6.17 Å². The molecule has 1 aromatic rings. The normalized spacial score (nSPS) is 23.7. The van der Waals surface area contributed by atoms with E-state index >= 15 is 0 Å². The molecule has 1 unspecified atom stereocenters. The number of anilines is 3. The summed E-state index contributed by atoms with van der Waals surface area (Å²) in [7, 11) is 0. The van der Waals surface area contributed by atoms with Crippen LogP contribution in [0.3, 0.4) is 0 Å². The number of halogens is 3. The van der Waals surface area contributed by atoms with Crippen molar-refractivity contribution in [2.24, 2.45) is 0 Å². The Kier molecular flexibility index (Phi) is 2.07. The molecule has 1 atom stereocenters. The molecule has 0 aromatic heterocycles. The standard InChI is InChI=1S/C12H14F3N3/c1-11(2)5-16-7-4-9-8(3-6(7)11)17-10(18-9)12(13,14)15/h3-4,10,16-18H,5H2,1-2H3. The fourth-order valence-electron chi connectivity index (χ4n) is 2.47. The van der Waals surface area contributed by atoms with Crippen LogP contribution in [0.5, 0.6) is 0 Å². The summed E-state index contributed by atoms with van der Waals surface area (Å²) in [6.45, 7) is 4.94. The first kappa shape index (κ1) is 11.5. The summed E-state index contributed by atoms with van der Waals surface area (Å²) < 4.78 is 37.9. The van der Waals surface area contributed by atoms with Crippen LogP contribution in [0.1, 0.15) is 19.4 Å². The lowest BCUT2D eigenvalue weighted by Gasteiger charge is -2.17. The summed E-state index contributed by atoms with van der Waals surface area (Å²) in [6, 6.07) is 3.56. The fraction of sp³-hybridized carbons (Fsp3) is 0.500. The van der Waals surface area contributed by atoms with E-state index in [2.05, 4.69) is 29.8 Å². The Morgan fingerprint density at radius 2 is 1.72 bits per heavy atom. The summed E-state index contributed by atoms with van der Waals surface area (Å²) in [4.78, 5) is 0. The van der Waals surface area contributed by atoms with Gasteiger partial charge in [0.2, 0.25) is 0 Å². The highest BCUT2D eigenvalue weighted by atomic mass is 19.4. The van der Waals surface area contributed by atoms with Crippen molar-refractivity contribution in [1.29, 1.82) is 0 Å². The molecule has 0 saturated heterocycles. The van der Waals surface area contributed by atoms with Crippen LogP contribution in [0.2, 0.25) is 0 Å².